The maximum absolute atomic E-state index is 5.64. The van der Waals surface area contributed by atoms with E-state index in [1.54, 1.807) is 0 Å². The molecule has 0 saturated heterocycles. The van der Waals surface area contributed by atoms with E-state index in [2.05, 4.69) is 30.4 Å². The fourth-order valence-electron chi connectivity index (χ4n) is 3.82. The standard InChI is InChI=1S/C18H27NO/c1-2-19-18(14-7-5-3-4-6-8-14)16-9-10-17-15(13-16)11-12-20-17/h9-10,13-14,18-19H,2-8,11-12H2,1H3. The van der Waals surface area contributed by atoms with E-state index in [0.29, 0.717) is 6.04 Å². The summed E-state index contributed by atoms with van der Waals surface area (Å²) >= 11 is 0. The molecule has 0 radical (unpaired) electrons. The van der Waals surface area contributed by atoms with Crippen molar-refractivity contribution in [2.75, 3.05) is 13.2 Å². The molecule has 2 heteroatoms. The quantitative estimate of drug-likeness (QED) is 0.828. The molecule has 1 aliphatic carbocycles. The molecule has 1 aromatic rings. The summed E-state index contributed by atoms with van der Waals surface area (Å²) in [5.74, 6) is 1.91. The summed E-state index contributed by atoms with van der Waals surface area (Å²) in [4.78, 5) is 0. The van der Waals surface area contributed by atoms with Crippen molar-refractivity contribution in [3.63, 3.8) is 0 Å². The van der Waals surface area contributed by atoms with E-state index >= 15 is 0 Å². The molecule has 1 aliphatic heterocycles. The van der Waals surface area contributed by atoms with Gasteiger partial charge in [0.2, 0.25) is 0 Å². The number of ether oxygens (including phenoxy) is 1. The molecule has 20 heavy (non-hydrogen) atoms. The maximum atomic E-state index is 5.64. The molecular formula is C18H27NO. The smallest absolute Gasteiger partial charge is 0.122 e. The van der Waals surface area contributed by atoms with Crippen LogP contribution >= 0.6 is 0 Å². The SMILES string of the molecule is CCNC(c1ccc2c(c1)CCO2)C1CCCCCC1. The Kier molecular flexibility index (Phi) is 4.62. The van der Waals surface area contributed by atoms with Crippen molar-refractivity contribution >= 4 is 0 Å². The van der Waals surface area contributed by atoms with Crippen LogP contribution in [0.25, 0.3) is 0 Å². The average Bonchev–Trinajstić information content (AvgIpc) is 2.77. The van der Waals surface area contributed by atoms with Crippen LogP contribution in [0.5, 0.6) is 5.75 Å². The lowest BCUT2D eigenvalue weighted by Crippen LogP contribution is -2.28. The number of hydrogen-bond donors (Lipinski definition) is 1. The molecule has 1 fully saturated rings. The molecule has 1 N–H and O–H groups in total. The van der Waals surface area contributed by atoms with Crippen LogP contribution < -0.4 is 10.1 Å². The summed E-state index contributed by atoms with van der Waals surface area (Å²) in [6.45, 7) is 4.13. The highest BCUT2D eigenvalue weighted by atomic mass is 16.5. The van der Waals surface area contributed by atoms with E-state index in [-0.39, 0.29) is 0 Å². The Balaban J connectivity index is 1.81. The molecule has 1 unspecified atom stereocenters. The minimum atomic E-state index is 0.531. The van der Waals surface area contributed by atoms with Crippen LogP contribution in [0.2, 0.25) is 0 Å². The van der Waals surface area contributed by atoms with Gasteiger partial charge in [-0.2, -0.15) is 0 Å². The molecule has 2 aliphatic rings. The Morgan fingerprint density at radius 3 is 2.75 bits per heavy atom. The van der Waals surface area contributed by atoms with Crippen molar-refractivity contribution in [1.29, 1.82) is 0 Å². The van der Waals surface area contributed by atoms with Gasteiger partial charge in [-0.1, -0.05) is 44.7 Å². The minimum absolute atomic E-state index is 0.531. The normalized spacial score (nSPS) is 21.1. The van der Waals surface area contributed by atoms with Gasteiger partial charge in [0.25, 0.3) is 0 Å². The van der Waals surface area contributed by atoms with E-state index < -0.39 is 0 Å². The van der Waals surface area contributed by atoms with Crippen molar-refractivity contribution < 1.29 is 4.74 Å². The van der Waals surface area contributed by atoms with Crippen molar-refractivity contribution in [2.45, 2.75) is 57.9 Å². The number of hydrogen-bond acceptors (Lipinski definition) is 2. The molecule has 0 bridgehead atoms. The first-order valence-electron chi connectivity index (χ1n) is 8.37. The third kappa shape index (κ3) is 3.01. The molecule has 0 aromatic heterocycles. The molecule has 1 aromatic carbocycles. The second-order valence-electron chi connectivity index (χ2n) is 6.25. The van der Waals surface area contributed by atoms with E-state index in [1.807, 2.05) is 0 Å². The summed E-state index contributed by atoms with van der Waals surface area (Å²) in [6.07, 6.45) is 9.49. The van der Waals surface area contributed by atoms with Gasteiger partial charge in [-0.05, 0) is 42.5 Å². The molecule has 0 amide bonds. The Hall–Kier alpha value is -1.02. The van der Waals surface area contributed by atoms with Crippen LogP contribution in [0.3, 0.4) is 0 Å². The predicted octanol–water partition coefficient (Wildman–Crippen LogP) is 4.24. The molecule has 1 saturated carbocycles. The second-order valence-corrected chi connectivity index (χ2v) is 6.25. The van der Waals surface area contributed by atoms with Gasteiger partial charge in [0.15, 0.2) is 0 Å². The zero-order valence-electron chi connectivity index (χ0n) is 12.7. The third-order valence-electron chi connectivity index (χ3n) is 4.87. The van der Waals surface area contributed by atoms with Crippen LogP contribution in [-0.2, 0) is 6.42 Å². The summed E-state index contributed by atoms with van der Waals surface area (Å²) in [5, 5.41) is 3.75. The Morgan fingerprint density at radius 1 is 1.20 bits per heavy atom. The summed E-state index contributed by atoms with van der Waals surface area (Å²) < 4.78 is 5.64. The minimum Gasteiger partial charge on any atom is -0.493 e. The highest BCUT2D eigenvalue weighted by Gasteiger charge is 2.24. The third-order valence-corrected chi connectivity index (χ3v) is 4.87. The first-order chi connectivity index (χ1) is 9.88. The van der Waals surface area contributed by atoms with Gasteiger partial charge < -0.3 is 10.1 Å². The van der Waals surface area contributed by atoms with Crippen molar-refractivity contribution in [3.8, 4) is 5.75 Å². The van der Waals surface area contributed by atoms with Gasteiger partial charge in [-0.3, -0.25) is 0 Å². The predicted molar refractivity (Wildman–Crippen MR) is 83.3 cm³/mol. The second kappa shape index (κ2) is 6.62. The number of fused-ring (bicyclic) bond motifs is 1. The van der Waals surface area contributed by atoms with E-state index in [1.165, 1.54) is 49.7 Å². The number of rotatable bonds is 4. The van der Waals surface area contributed by atoms with Crippen LogP contribution in [0.1, 0.15) is 62.6 Å². The van der Waals surface area contributed by atoms with Crippen molar-refractivity contribution in [2.24, 2.45) is 5.92 Å². The lowest BCUT2D eigenvalue weighted by atomic mass is 9.86. The zero-order chi connectivity index (χ0) is 13.8. The van der Waals surface area contributed by atoms with Crippen molar-refractivity contribution in [1.82, 2.24) is 5.32 Å². The highest BCUT2D eigenvalue weighted by molar-refractivity contribution is 5.41. The Bertz CT molecular complexity index is 435. The Morgan fingerprint density at radius 2 is 2.00 bits per heavy atom. The molecule has 110 valence electrons. The summed E-state index contributed by atoms with van der Waals surface area (Å²) in [5.41, 5.74) is 2.88. The van der Waals surface area contributed by atoms with Gasteiger partial charge in [0.1, 0.15) is 5.75 Å². The summed E-state index contributed by atoms with van der Waals surface area (Å²) in [6, 6.07) is 7.38. The van der Waals surface area contributed by atoms with Gasteiger partial charge in [0, 0.05) is 12.5 Å². The zero-order valence-corrected chi connectivity index (χ0v) is 12.7. The number of nitrogens with one attached hydrogen (secondary N) is 1. The van der Waals surface area contributed by atoms with Crippen LogP contribution in [0.15, 0.2) is 18.2 Å². The molecule has 1 heterocycles. The fraction of sp³-hybridized carbons (Fsp3) is 0.667. The molecule has 2 nitrogen and oxygen atoms in total. The molecule has 0 spiro atoms. The molecule has 3 rings (SSSR count). The van der Waals surface area contributed by atoms with Crippen LogP contribution in [0.4, 0.5) is 0 Å². The first kappa shape index (κ1) is 13.9. The lowest BCUT2D eigenvalue weighted by Gasteiger charge is -2.28. The topological polar surface area (TPSA) is 21.3 Å². The fourth-order valence-corrected chi connectivity index (χ4v) is 3.82. The highest BCUT2D eigenvalue weighted by Crippen LogP contribution is 2.36. The van der Waals surface area contributed by atoms with E-state index in [9.17, 15) is 0 Å². The largest absolute Gasteiger partial charge is 0.493 e. The van der Waals surface area contributed by atoms with Crippen molar-refractivity contribution in [3.05, 3.63) is 29.3 Å². The average molecular weight is 273 g/mol. The molecular weight excluding hydrogens is 246 g/mol. The Labute approximate surface area is 122 Å². The summed E-state index contributed by atoms with van der Waals surface area (Å²) in [7, 11) is 0. The lowest BCUT2D eigenvalue weighted by molar-refractivity contribution is 0.329. The van der Waals surface area contributed by atoms with Gasteiger partial charge in [-0.25, -0.2) is 0 Å². The molecule has 1 atom stereocenters. The number of benzene rings is 1. The van der Waals surface area contributed by atoms with Gasteiger partial charge >= 0.3 is 0 Å². The van der Waals surface area contributed by atoms with Gasteiger partial charge in [-0.15, -0.1) is 0 Å². The van der Waals surface area contributed by atoms with Crippen LogP contribution in [0, 0.1) is 5.92 Å². The first-order valence-corrected chi connectivity index (χ1v) is 8.37. The monoisotopic (exact) mass is 273 g/mol. The van der Waals surface area contributed by atoms with E-state index in [0.717, 1.165) is 31.2 Å². The van der Waals surface area contributed by atoms with Gasteiger partial charge in [0.05, 0.1) is 6.61 Å². The van der Waals surface area contributed by atoms with E-state index in [4.69, 9.17) is 4.74 Å². The van der Waals surface area contributed by atoms with Crippen LogP contribution in [-0.4, -0.2) is 13.2 Å². The maximum Gasteiger partial charge on any atom is 0.122 e.